The molecule has 1 aromatic rings. The van der Waals surface area contributed by atoms with Crippen molar-refractivity contribution in [3.8, 4) is 6.07 Å². The second-order valence-electron chi connectivity index (χ2n) is 4.78. The Balaban J connectivity index is 2.17. The molecule has 100 valence electrons. The van der Waals surface area contributed by atoms with Crippen LogP contribution in [-0.4, -0.2) is 25.2 Å². The molecule has 0 saturated heterocycles. The Bertz CT molecular complexity index is 515. The van der Waals surface area contributed by atoms with Crippen molar-refractivity contribution in [2.75, 3.05) is 18.1 Å². The van der Waals surface area contributed by atoms with Gasteiger partial charge in [0.15, 0.2) is 0 Å². The number of hydrogen-bond acceptors (Lipinski definition) is 4. The molecule has 0 unspecified atom stereocenters. The highest BCUT2D eigenvalue weighted by molar-refractivity contribution is 5.76. The lowest BCUT2D eigenvalue weighted by Gasteiger charge is -2.24. The molecule has 1 aliphatic rings. The Morgan fingerprint density at radius 2 is 2.26 bits per heavy atom. The molecule has 0 amide bonds. The molecule has 1 saturated carbocycles. The van der Waals surface area contributed by atoms with Crippen LogP contribution in [0.2, 0.25) is 0 Å². The summed E-state index contributed by atoms with van der Waals surface area (Å²) in [6, 6.07) is 8.27. The summed E-state index contributed by atoms with van der Waals surface area (Å²) in [5.41, 5.74) is 2.61. The first kappa shape index (κ1) is 13.4. The quantitative estimate of drug-likeness (QED) is 0.761. The number of aryl methyl sites for hydroxylation is 1. The van der Waals surface area contributed by atoms with Gasteiger partial charge in [-0.3, -0.25) is 4.79 Å². The molecule has 0 aliphatic heterocycles. The van der Waals surface area contributed by atoms with Crippen LogP contribution >= 0.6 is 0 Å². The van der Waals surface area contributed by atoms with E-state index in [1.807, 2.05) is 32.0 Å². The Kier molecular flexibility index (Phi) is 4.06. The van der Waals surface area contributed by atoms with Gasteiger partial charge >= 0.3 is 5.97 Å². The van der Waals surface area contributed by atoms with Gasteiger partial charge in [0.1, 0.15) is 6.54 Å². The minimum atomic E-state index is -0.198. The lowest BCUT2D eigenvalue weighted by atomic mass is 10.1. The summed E-state index contributed by atoms with van der Waals surface area (Å²) in [7, 11) is 0. The van der Waals surface area contributed by atoms with E-state index in [2.05, 4.69) is 11.0 Å². The first-order valence-corrected chi connectivity index (χ1v) is 6.58. The maximum Gasteiger partial charge on any atom is 0.325 e. The van der Waals surface area contributed by atoms with Gasteiger partial charge in [-0.25, -0.2) is 0 Å². The van der Waals surface area contributed by atoms with Crippen molar-refractivity contribution < 1.29 is 9.53 Å². The van der Waals surface area contributed by atoms with Gasteiger partial charge < -0.3 is 9.64 Å². The van der Waals surface area contributed by atoms with Crippen LogP contribution in [0.15, 0.2) is 18.2 Å². The van der Waals surface area contributed by atoms with Crippen LogP contribution in [0, 0.1) is 18.3 Å². The van der Waals surface area contributed by atoms with E-state index in [9.17, 15) is 4.79 Å². The SMILES string of the molecule is CCOC(=O)CN(c1ccc(C#N)c(C)c1)C1CC1. The fourth-order valence-electron chi connectivity index (χ4n) is 2.12. The number of esters is 1. The Morgan fingerprint density at radius 3 is 2.79 bits per heavy atom. The van der Waals surface area contributed by atoms with Gasteiger partial charge in [-0.05, 0) is 50.5 Å². The van der Waals surface area contributed by atoms with Crippen LogP contribution in [-0.2, 0) is 9.53 Å². The van der Waals surface area contributed by atoms with Crippen molar-refractivity contribution in [2.24, 2.45) is 0 Å². The lowest BCUT2D eigenvalue weighted by Crippen LogP contribution is -2.33. The number of anilines is 1. The van der Waals surface area contributed by atoms with Gasteiger partial charge in [0.25, 0.3) is 0 Å². The highest BCUT2D eigenvalue weighted by Crippen LogP contribution is 2.32. The molecular weight excluding hydrogens is 240 g/mol. The number of nitrogens with zero attached hydrogens (tertiary/aromatic N) is 2. The predicted octanol–water partition coefficient (Wildman–Crippen LogP) is 2.40. The molecule has 1 aromatic carbocycles. The number of nitriles is 1. The maximum atomic E-state index is 11.7. The smallest absolute Gasteiger partial charge is 0.325 e. The molecule has 2 rings (SSSR count). The molecule has 0 aromatic heterocycles. The first-order chi connectivity index (χ1) is 9.15. The Hall–Kier alpha value is -2.02. The Morgan fingerprint density at radius 1 is 1.53 bits per heavy atom. The summed E-state index contributed by atoms with van der Waals surface area (Å²) in [5, 5.41) is 8.95. The molecule has 0 N–H and O–H groups in total. The van der Waals surface area contributed by atoms with Crippen molar-refractivity contribution in [3.63, 3.8) is 0 Å². The van der Waals surface area contributed by atoms with E-state index in [-0.39, 0.29) is 12.5 Å². The van der Waals surface area contributed by atoms with Crippen molar-refractivity contribution in [3.05, 3.63) is 29.3 Å². The van der Waals surface area contributed by atoms with Gasteiger partial charge in [0.05, 0.1) is 18.2 Å². The molecule has 0 atom stereocenters. The van der Waals surface area contributed by atoms with Gasteiger partial charge in [0, 0.05) is 11.7 Å². The maximum absolute atomic E-state index is 11.7. The normalized spacial score (nSPS) is 13.7. The first-order valence-electron chi connectivity index (χ1n) is 6.58. The fourth-order valence-corrected chi connectivity index (χ4v) is 2.12. The topological polar surface area (TPSA) is 53.3 Å². The summed E-state index contributed by atoms with van der Waals surface area (Å²) in [4.78, 5) is 13.7. The van der Waals surface area contributed by atoms with Crippen molar-refractivity contribution in [2.45, 2.75) is 32.7 Å². The van der Waals surface area contributed by atoms with Crippen LogP contribution in [0.5, 0.6) is 0 Å². The minimum Gasteiger partial charge on any atom is -0.465 e. The van der Waals surface area contributed by atoms with E-state index in [0.29, 0.717) is 18.2 Å². The minimum absolute atomic E-state index is 0.198. The predicted molar refractivity (Wildman–Crippen MR) is 72.9 cm³/mol. The summed E-state index contributed by atoms with van der Waals surface area (Å²) < 4.78 is 5.01. The molecule has 1 fully saturated rings. The molecule has 0 heterocycles. The zero-order chi connectivity index (χ0) is 13.8. The number of carbonyl (C=O) groups is 1. The zero-order valence-corrected chi connectivity index (χ0v) is 11.3. The summed E-state index contributed by atoms with van der Waals surface area (Å²) in [5.74, 6) is -0.198. The van der Waals surface area contributed by atoms with Crippen LogP contribution in [0.4, 0.5) is 5.69 Å². The Labute approximate surface area is 113 Å². The molecule has 0 radical (unpaired) electrons. The molecule has 19 heavy (non-hydrogen) atoms. The highest BCUT2D eigenvalue weighted by atomic mass is 16.5. The molecular formula is C15H18N2O2. The second kappa shape index (κ2) is 5.75. The van der Waals surface area contributed by atoms with Crippen molar-refractivity contribution in [1.82, 2.24) is 0 Å². The van der Waals surface area contributed by atoms with Gasteiger partial charge in [-0.15, -0.1) is 0 Å². The number of rotatable bonds is 5. The average Bonchev–Trinajstić information content (AvgIpc) is 3.20. The average molecular weight is 258 g/mol. The molecule has 0 spiro atoms. The third kappa shape index (κ3) is 3.25. The van der Waals surface area contributed by atoms with Gasteiger partial charge in [-0.1, -0.05) is 0 Å². The number of ether oxygens (including phenoxy) is 1. The summed E-state index contributed by atoms with van der Waals surface area (Å²) >= 11 is 0. The van der Waals surface area contributed by atoms with E-state index in [0.717, 1.165) is 24.1 Å². The molecule has 1 aliphatic carbocycles. The molecule has 4 nitrogen and oxygen atoms in total. The largest absolute Gasteiger partial charge is 0.465 e. The van der Waals surface area contributed by atoms with E-state index in [1.165, 1.54) is 0 Å². The lowest BCUT2D eigenvalue weighted by molar-refractivity contribution is -0.141. The van der Waals surface area contributed by atoms with E-state index >= 15 is 0 Å². The van der Waals surface area contributed by atoms with E-state index in [1.54, 1.807) is 0 Å². The van der Waals surface area contributed by atoms with E-state index in [4.69, 9.17) is 10.00 Å². The van der Waals surface area contributed by atoms with Crippen LogP contribution in [0.1, 0.15) is 30.9 Å². The monoisotopic (exact) mass is 258 g/mol. The van der Waals surface area contributed by atoms with E-state index < -0.39 is 0 Å². The summed E-state index contributed by atoms with van der Waals surface area (Å²) in [6.07, 6.45) is 2.22. The van der Waals surface area contributed by atoms with Crippen LogP contribution < -0.4 is 4.90 Å². The molecule has 4 heteroatoms. The second-order valence-corrected chi connectivity index (χ2v) is 4.78. The zero-order valence-electron chi connectivity index (χ0n) is 11.3. The molecule has 0 bridgehead atoms. The number of hydrogen-bond donors (Lipinski definition) is 0. The fraction of sp³-hybridized carbons (Fsp3) is 0.467. The van der Waals surface area contributed by atoms with Gasteiger partial charge in [-0.2, -0.15) is 5.26 Å². The third-order valence-corrected chi connectivity index (χ3v) is 3.25. The van der Waals surface area contributed by atoms with Crippen LogP contribution in [0.25, 0.3) is 0 Å². The number of carbonyl (C=O) groups excluding carboxylic acids is 1. The van der Waals surface area contributed by atoms with Gasteiger partial charge in [0.2, 0.25) is 0 Å². The highest BCUT2D eigenvalue weighted by Gasteiger charge is 2.31. The standard InChI is InChI=1S/C15H18N2O2/c1-3-19-15(18)10-17(13-6-7-13)14-5-4-12(9-16)11(2)8-14/h4-5,8,13H,3,6-7,10H2,1-2H3. The van der Waals surface area contributed by atoms with Crippen molar-refractivity contribution in [1.29, 1.82) is 5.26 Å². The van der Waals surface area contributed by atoms with Crippen molar-refractivity contribution >= 4 is 11.7 Å². The third-order valence-electron chi connectivity index (χ3n) is 3.25. The number of benzene rings is 1. The summed E-state index contributed by atoms with van der Waals surface area (Å²) in [6.45, 7) is 4.41. The van der Waals surface area contributed by atoms with Crippen LogP contribution in [0.3, 0.4) is 0 Å².